The molecule has 0 radical (unpaired) electrons. The Labute approximate surface area is 126 Å². The largest absolute Gasteiger partial charge is 0.478 e. The Morgan fingerprint density at radius 2 is 2.20 bits per heavy atom. The summed E-state index contributed by atoms with van der Waals surface area (Å²) in [6, 6.07) is 3.11. The molecule has 7 heteroatoms. The molecule has 1 rings (SSSR count). The first-order chi connectivity index (χ1) is 9.31. The maximum Gasteiger partial charge on any atom is 0.335 e. The molecule has 20 heavy (non-hydrogen) atoms. The zero-order chi connectivity index (χ0) is 15.3. The first kappa shape index (κ1) is 16.7. The van der Waals surface area contributed by atoms with Crippen LogP contribution < -0.4 is 4.72 Å². The van der Waals surface area contributed by atoms with Gasteiger partial charge in [0.25, 0.3) is 0 Å². The smallest absolute Gasteiger partial charge is 0.335 e. The maximum atomic E-state index is 12.2. The van der Waals surface area contributed by atoms with Gasteiger partial charge in [0.05, 0.1) is 16.5 Å². The number of carbonyl (C=O) groups is 1. The van der Waals surface area contributed by atoms with Gasteiger partial charge in [0.1, 0.15) is 0 Å². The molecule has 0 heterocycles. The summed E-state index contributed by atoms with van der Waals surface area (Å²) in [5.41, 5.74) is -0.00196. The lowest BCUT2D eigenvalue weighted by molar-refractivity contribution is 0.0696. The molecule has 1 aromatic carbocycles. The number of aromatic carboxylic acids is 1. The minimum absolute atomic E-state index is 0.00196. The van der Waals surface area contributed by atoms with Gasteiger partial charge in [0.15, 0.2) is 0 Å². The van der Waals surface area contributed by atoms with Crippen molar-refractivity contribution in [3.05, 3.63) is 28.2 Å². The molecule has 0 amide bonds. The summed E-state index contributed by atoms with van der Waals surface area (Å²) < 4.78 is 27.0. The van der Waals surface area contributed by atoms with E-state index in [1.165, 1.54) is 18.2 Å². The number of nitrogens with one attached hydrogen (secondary N) is 1. The highest BCUT2D eigenvalue weighted by atomic mass is 79.9. The van der Waals surface area contributed by atoms with E-state index in [2.05, 4.69) is 26.6 Å². The first-order valence-electron chi connectivity index (χ1n) is 5.83. The summed E-state index contributed by atoms with van der Waals surface area (Å²) in [4.78, 5) is 10.8. The molecular weight excluding hydrogens is 346 g/mol. The molecule has 0 spiro atoms. The zero-order valence-corrected chi connectivity index (χ0v) is 13.2. The van der Waals surface area contributed by atoms with E-state index in [1.54, 1.807) is 0 Å². The standard InChI is InChI=1S/C13H14BrNO4S/c1-3-5-10(4-2)15-20(18,19)12-7-6-9(13(16)17)8-11(12)14/h2,6-8,10,15H,3,5H2,1H3,(H,16,17). The molecule has 0 bridgehead atoms. The van der Waals surface area contributed by atoms with E-state index in [9.17, 15) is 13.2 Å². The monoisotopic (exact) mass is 359 g/mol. The molecule has 0 aromatic heterocycles. The van der Waals surface area contributed by atoms with Crippen LogP contribution in [-0.4, -0.2) is 25.5 Å². The first-order valence-corrected chi connectivity index (χ1v) is 8.10. The van der Waals surface area contributed by atoms with Crippen molar-refractivity contribution in [2.75, 3.05) is 0 Å². The zero-order valence-electron chi connectivity index (χ0n) is 10.8. The van der Waals surface area contributed by atoms with Crippen LogP contribution in [0.3, 0.4) is 0 Å². The number of rotatable bonds is 6. The third-order valence-corrected chi connectivity index (χ3v) is 4.99. The van der Waals surface area contributed by atoms with Crippen LogP contribution >= 0.6 is 15.9 Å². The van der Waals surface area contributed by atoms with Gasteiger partial charge in [-0.15, -0.1) is 6.42 Å². The van der Waals surface area contributed by atoms with E-state index in [0.717, 1.165) is 6.42 Å². The summed E-state index contributed by atoms with van der Waals surface area (Å²) in [5, 5.41) is 8.84. The van der Waals surface area contributed by atoms with Gasteiger partial charge in [-0.2, -0.15) is 4.72 Å². The van der Waals surface area contributed by atoms with Crippen molar-refractivity contribution in [3.8, 4) is 12.3 Å². The second-order valence-electron chi connectivity index (χ2n) is 4.08. The lowest BCUT2D eigenvalue weighted by Crippen LogP contribution is -2.33. The molecular formula is C13H14BrNO4S. The number of hydrogen-bond acceptors (Lipinski definition) is 3. The van der Waals surface area contributed by atoms with Crippen molar-refractivity contribution in [3.63, 3.8) is 0 Å². The van der Waals surface area contributed by atoms with E-state index in [-0.39, 0.29) is 14.9 Å². The fraction of sp³-hybridized carbons (Fsp3) is 0.308. The summed E-state index contributed by atoms with van der Waals surface area (Å²) in [6.07, 6.45) is 6.55. The van der Waals surface area contributed by atoms with Gasteiger partial charge < -0.3 is 5.11 Å². The van der Waals surface area contributed by atoms with Crippen LogP contribution in [0.5, 0.6) is 0 Å². The maximum absolute atomic E-state index is 12.2. The van der Waals surface area contributed by atoms with Crippen LogP contribution in [0.4, 0.5) is 0 Å². The van der Waals surface area contributed by atoms with Crippen molar-refractivity contribution in [1.82, 2.24) is 4.72 Å². The average Bonchev–Trinajstić information content (AvgIpc) is 2.37. The van der Waals surface area contributed by atoms with Gasteiger partial charge in [0.2, 0.25) is 10.0 Å². The van der Waals surface area contributed by atoms with E-state index < -0.39 is 22.0 Å². The molecule has 2 N–H and O–H groups in total. The van der Waals surface area contributed by atoms with Crippen LogP contribution in [0.25, 0.3) is 0 Å². The lowest BCUT2D eigenvalue weighted by Gasteiger charge is -2.13. The van der Waals surface area contributed by atoms with Crippen LogP contribution in [-0.2, 0) is 10.0 Å². The second-order valence-corrected chi connectivity index (χ2v) is 6.62. The Balaban J connectivity index is 3.10. The number of terminal acetylenes is 1. The molecule has 0 aliphatic rings. The van der Waals surface area contributed by atoms with E-state index in [1.807, 2.05) is 6.92 Å². The molecule has 1 unspecified atom stereocenters. The number of carboxylic acids is 1. The number of halogens is 1. The second kappa shape index (κ2) is 6.88. The Morgan fingerprint density at radius 1 is 1.55 bits per heavy atom. The summed E-state index contributed by atoms with van der Waals surface area (Å²) >= 11 is 3.07. The minimum Gasteiger partial charge on any atom is -0.478 e. The summed E-state index contributed by atoms with van der Waals surface area (Å²) in [5.74, 6) is 1.25. The topological polar surface area (TPSA) is 83.5 Å². The van der Waals surface area contributed by atoms with Gasteiger partial charge in [-0.25, -0.2) is 13.2 Å². The molecule has 0 aliphatic carbocycles. The highest BCUT2D eigenvalue weighted by Crippen LogP contribution is 2.23. The van der Waals surface area contributed by atoms with E-state index in [0.29, 0.717) is 6.42 Å². The number of hydrogen-bond donors (Lipinski definition) is 2. The van der Waals surface area contributed by atoms with E-state index in [4.69, 9.17) is 11.5 Å². The summed E-state index contributed by atoms with van der Waals surface area (Å²) in [6.45, 7) is 1.90. The number of carboxylic acid groups (broad SMARTS) is 1. The molecule has 0 saturated carbocycles. The number of sulfonamides is 1. The minimum atomic E-state index is -3.80. The van der Waals surface area contributed by atoms with Crippen molar-refractivity contribution in [1.29, 1.82) is 0 Å². The molecule has 5 nitrogen and oxygen atoms in total. The third kappa shape index (κ3) is 4.07. The Morgan fingerprint density at radius 3 is 2.65 bits per heavy atom. The third-order valence-electron chi connectivity index (χ3n) is 2.54. The van der Waals surface area contributed by atoms with Gasteiger partial charge in [0, 0.05) is 4.47 Å². The highest BCUT2D eigenvalue weighted by molar-refractivity contribution is 9.10. The Kier molecular flexibility index (Phi) is 5.74. The molecule has 0 saturated heterocycles. The van der Waals surface area contributed by atoms with Crippen molar-refractivity contribution in [2.24, 2.45) is 0 Å². The Hall–Kier alpha value is -1.36. The molecule has 108 valence electrons. The molecule has 1 atom stereocenters. The van der Waals surface area contributed by atoms with Crippen LogP contribution in [0, 0.1) is 12.3 Å². The lowest BCUT2D eigenvalue weighted by atomic mass is 10.2. The van der Waals surface area contributed by atoms with Crippen LogP contribution in [0.1, 0.15) is 30.1 Å². The predicted octanol–water partition coefficient (Wildman–Crippen LogP) is 2.23. The normalized spacial score (nSPS) is 12.7. The predicted molar refractivity (Wildman–Crippen MR) is 79.0 cm³/mol. The highest BCUT2D eigenvalue weighted by Gasteiger charge is 2.21. The summed E-state index contributed by atoms with van der Waals surface area (Å²) in [7, 11) is -3.80. The van der Waals surface area contributed by atoms with Crippen molar-refractivity contribution in [2.45, 2.75) is 30.7 Å². The quantitative estimate of drug-likeness (QED) is 0.762. The van der Waals surface area contributed by atoms with Gasteiger partial charge in [-0.1, -0.05) is 19.3 Å². The van der Waals surface area contributed by atoms with Crippen LogP contribution in [0.15, 0.2) is 27.6 Å². The van der Waals surface area contributed by atoms with Gasteiger partial charge in [-0.05, 0) is 40.5 Å². The Bertz CT molecular complexity index is 649. The number of benzene rings is 1. The average molecular weight is 360 g/mol. The molecule has 0 aliphatic heterocycles. The van der Waals surface area contributed by atoms with Crippen molar-refractivity contribution >= 4 is 31.9 Å². The van der Waals surface area contributed by atoms with Crippen LogP contribution in [0.2, 0.25) is 0 Å². The molecule has 1 aromatic rings. The SMILES string of the molecule is C#CC(CCC)NS(=O)(=O)c1ccc(C(=O)O)cc1Br. The van der Waals surface area contributed by atoms with Crippen molar-refractivity contribution < 1.29 is 18.3 Å². The van der Waals surface area contributed by atoms with Gasteiger partial charge in [-0.3, -0.25) is 0 Å². The van der Waals surface area contributed by atoms with E-state index >= 15 is 0 Å². The van der Waals surface area contributed by atoms with Gasteiger partial charge >= 0.3 is 5.97 Å². The fourth-order valence-corrected chi connectivity index (χ4v) is 3.84. The fourth-order valence-electron chi connectivity index (χ4n) is 1.57. The molecule has 0 fully saturated rings.